The van der Waals surface area contributed by atoms with Gasteiger partial charge in [-0.15, -0.1) is 22.9 Å². The van der Waals surface area contributed by atoms with Crippen LogP contribution < -0.4 is 0 Å². The third-order valence-corrected chi connectivity index (χ3v) is 4.68. The summed E-state index contributed by atoms with van der Waals surface area (Å²) in [5.74, 6) is 1.31. The molecule has 0 saturated heterocycles. The van der Waals surface area contributed by atoms with Gasteiger partial charge in [-0.05, 0) is 47.7 Å². The molecule has 2 aromatic heterocycles. The highest BCUT2D eigenvalue weighted by molar-refractivity contribution is 14.1. The lowest BCUT2D eigenvalue weighted by Crippen LogP contribution is -2.03. The summed E-state index contributed by atoms with van der Waals surface area (Å²) in [5.41, 5.74) is 2.11. The molecule has 0 spiro atoms. The van der Waals surface area contributed by atoms with Gasteiger partial charge in [0, 0.05) is 14.6 Å². The lowest BCUT2D eigenvalue weighted by molar-refractivity contribution is 0.773. The predicted molar refractivity (Wildman–Crippen MR) is 88.0 cm³/mol. The third kappa shape index (κ3) is 2.64. The quantitative estimate of drug-likeness (QED) is 0.485. The van der Waals surface area contributed by atoms with Crippen LogP contribution in [0.1, 0.15) is 15.7 Å². The van der Waals surface area contributed by atoms with E-state index in [9.17, 15) is 0 Å². The van der Waals surface area contributed by atoms with Crippen LogP contribution in [0.25, 0.3) is 11.0 Å². The molecule has 0 N–H and O–H groups in total. The van der Waals surface area contributed by atoms with Crippen LogP contribution in [0, 0.1) is 10.5 Å². The van der Waals surface area contributed by atoms with E-state index in [1.54, 1.807) is 11.3 Å². The van der Waals surface area contributed by atoms with Crippen molar-refractivity contribution in [2.75, 3.05) is 0 Å². The topological polar surface area (TPSA) is 30.7 Å². The summed E-state index contributed by atoms with van der Waals surface area (Å²) < 4.78 is 3.33. The van der Waals surface area contributed by atoms with Gasteiger partial charge in [-0.2, -0.15) is 0 Å². The van der Waals surface area contributed by atoms with Crippen LogP contribution in [0.2, 0.25) is 0 Å². The molecule has 0 fully saturated rings. The number of imidazole rings is 1. The molecule has 3 nitrogen and oxygen atoms in total. The Kier molecular flexibility index (Phi) is 3.77. The molecule has 6 heteroatoms. The Bertz CT molecular complexity index is 735. The van der Waals surface area contributed by atoms with E-state index in [0.717, 1.165) is 28.4 Å². The summed E-state index contributed by atoms with van der Waals surface area (Å²) in [6.45, 7) is 2.80. The second-order valence-corrected chi connectivity index (χ2v) is 7.08. The highest BCUT2D eigenvalue weighted by atomic mass is 127. The first-order valence-electron chi connectivity index (χ1n) is 5.79. The first-order chi connectivity index (χ1) is 9.17. The Balaban J connectivity index is 2.10. The van der Waals surface area contributed by atoms with Crippen molar-refractivity contribution in [1.82, 2.24) is 14.5 Å². The van der Waals surface area contributed by atoms with E-state index in [0.29, 0.717) is 5.88 Å². The normalized spacial score (nSPS) is 11.3. The standard InChI is InChI=1S/C13H11ClIN3S/c1-8-6-16-13(19-8)7-18-11-3-2-9(15)4-10(11)17-12(18)5-14/h2-4,6H,5,7H2,1H3. The molecule has 3 aromatic rings. The lowest BCUT2D eigenvalue weighted by Gasteiger charge is -2.05. The number of hydrogen-bond acceptors (Lipinski definition) is 3. The summed E-state index contributed by atoms with van der Waals surface area (Å²) in [5, 5.41) is 1.08. The molecule has 0 unspecified atom stereocenters. The summed E-state index contributed by atoms with van der Waals surface area (Å²) in [6.07, 6.45) is 1.91. The number of benzene rings is 1. The molecule has 2 heterocycles. The smallest absolute Gasteiger partial charge is 0.125 e. The maximum atomic E-state index is 6.01. The molecule has 98 valence electrons. The average Bonchev–Trinajstić information content (AvgIpc) is 2.94. The van der Waals surface area contributed by atoms with Gasteiger partial charge < -0.3 is 4.57 Å². The maximum absolute atomic E-state index is 6.01. The molecule has 3 rings (SSSR count). The van der Waals surface area contributed by atoms with Gasteiger partial charge in [0.25, 0.3) is 0 Å². The summed E-state index contributed by atoms with van der Waals surface area (Å²) in [7, 11) is 0. The molecule has 0 bridgehead atoms. The van der Waals surface area contributed by atoms with Crippen molar-refractivity contribution < 1.29 is 0 Å². The highest BCUT2D eigenvalue weighted by Gasteiger charge is 2.12. The first kappa shape index (κ1) is 13.3. The van der Waals surface area contributed by atoms with Crippen molar-refractivity contribution in [2.45, 2.75) is 19.3 Å². The number of halogens is 2. The van der Waals surface area contributed by atoms with Crippen molar-refractivity contribution in [2.24, 2.45) is 0 Å². The fourth-order valence-corrected chi connectivity index (χ4v) is 3.50. The van der Waals surface area contributed by atoms with Gasteiger partial charge in [-0.1, -0.05) is 0 Å². The number of fused-ring (bicyclic) bond motifs is 1. The number of alkyl halides is 1. The van der Waals surface area contributed by atoms with E-state index in [4.69, 9.17) is 11.6 Å². The van der Waals surface area contributed by atoms with Crippen LogP contribution >= 0.6 is 45.5 Å². The Morgan fingerprint density at radius 1 is 1.42 bits per heavy atom. The predicted octanol–water partition coefficient (Wildman–Crippen LogP) is 4.19. The molecule has 0 atom stereocenters. The van der Waals surface area contributed by atoms with Gasteiger partial charge in [0.1, 0.15) is 10.8 Å². The molecule has 0 aliphatic heterocycles. The lowest BCUT2D eigenvalue weighted by atomic mass is 10.3. The first-order valence-corrected chi connectivity index (χ1v) is 8.22. The monoisotopic (exact) mass is 403 g/mol. The summed E-state index contributed by atoms with van der Waals surface area (Å²) in [4.78, 5) is 10.2. The minimum atomic E-state index is 0.412. The highest BCUT2D eigenvalue weighted by Crippen LogP contribution is 2.22. The molecule has 19 heavy (non-hydrogen) atoms. The van der Waals surface area contributed by atoms with Crippen LogP contribution in [0.5, 0.6) is 0 Å². The second kappa shape index (κ2) is 5.38. The maximum Gasteiger partial charge on any atom is 0.125 e. The largest absolute Gasteiger partial charge is 0.320 e. The fourth-order valence-electron chi connectivity index (χ4n) is 2.04. The number of nitrogens with zero attached hydrogens (tertiary/aromatic N) is 3. The molecule has 0 aliphatic rings. The Morgan fingerprint density at radius 3 is 2.95 bits per heavy atom. The SMILES string of the molecule is Cc1cnc(Cn2c(CCl)nc3cc(I)ccc32)s1. The van der Waals surface area contributed by atoms with Gasteiger partial charge >= 0.3 is 0 Å². The van der Waals surface area contributed by atoms with Crippen LogP contribution in [0.15, 0.2) is 24.4 Å². The number of hydrogen-bond donors (Lipinski definition) is 0. The molecule has 0 radical (unpaired) electrons. The molecule has 0 amide bonds. The second-order valence-electron chi connectivity index (χ2n) is 4.25. The summed E-state index contributed by atoms with van der Waals surface area (Å²) in [6, 6.07) is 6.27. The van der Waals surface area contributed by atoms with Crippen molar-refractivity contribution in [1.29, 1.82) is 0 Å². The fraction of sp³-hybridized carbons (Fsp3) is 0.231. The number of rotatable bonds is 3. The zero-order valence-corrected chi connectivity index (χ0v) is 14.0. The minimum Gasteiger partial charge on any atom is -0.320 e. The van der Waals surface area contributed by atoms with E-state index in [1.807, 2.05) is 6.20 Å². The van der Waals surface area contributed by atoms with E-state index < -0.39 is 0 Å². The molecular weight excluding hydrogens is 393 g/mol. The van der Waals surface area contributed by atoms with Crippen molar-refractivity contribution >= 4 is 56.6 Å². The van der Waals surface area contributed by atoms with E-state index in [2.05, 4.69) is 62.2 Å². The Morgan fingerprint density at radius 2 is 2.26 bits per heavy atom. The van der Waals surface area contributed by atoms with Crippen LogP contribution in [0.3, 0.4) is 0 Å². The van der Waals surface area contributed by atoms with Gasteiger partial charge in [0.05, 0.1) is 23.5 Å². The van der Waals surface area contributed by atoms with E-state index >= 15 is 0 Å². The van der Waals surface area contributed by atoms with Gasteiger partial charge in [0.2, 0.25) is 0 Å². The van der Waals surface area contributed by atoms with E-state index in [-0.39, 0.29) is 0 Å². The van der Waals surface area contributed by atoms with Crippen LogP contribution in [-0.2, 0) is 12.4 Å². The van der Waals surface area contributed by atoms with Gasteiger partial charge in [-0.25, -0.2) is 9.97 Å². The molecule has 0 saturated carbocycles. The van der Waals surface area contributed by atoms with E-state index in [1.165, 1.54) is 8.45 Å². The Labute approximate surface area is 133 Å². The van der Waals surface area contributed by atoms with Crippen LogP contribution in [0.4, 0.5) is 0 Å². The van der Waals surface area contributed by atoms with Crippen LogP contribution in [-0.4, -0.2) is 14.5 Å². The molecule has 1 aromatic carbocycles. The van der Waals surface area contributed by atoms with Gasteiger partial charge in [-0.3, -0.25) is 0 Å². The van der Waals surface area contributed by atoms with Gasteiger partial charge in [0.15, 0.2) is 0 Å². The molecular formula is C13H11ClIN3S. The number of aryl methyl sites for hydroxylation is 1. The molecule has 0 aliphatic carbocycles. The average molecular weight is 404 g/mol. The zero-order valence-electron chi connectivity index (χ0n) is 10.2. The number of thiazole rings is 1. The number of aromatic nitrogens is 3. The van der Waals surface area contributed by atoms with Crippen molar-refractivity contribution in [3.8, 4) is 0 Å². The third-order valence-electron chi connectivity index (χ3n) is 2.87. The Hall–Kier alpha value is -0.660. The zero-order chi connectivity index (χ0) is 13.4. The van der Waals surface area contributed by atoms with Crippen molar-refractivity contribution in [3.63, 3.8) is 0 Å². The summed E-state index contributed by atoms with van der Waals surface area (Å²) >= 11 is 10.0. The van der Waals surface area contributed by atoms with Crippen molar-refractivity contribution in [3.05, 3.63) is 43.7 Å². The minimum absolute atomic E-state index is 0.412.